The molecule has 0 aliphatic heterocycles. The van der Waals surface area contributed by atoms with Gasteiger partial charge in [-0.15, -0.1) is 11.8 Å². The van der Waals surface area contributed by atoms with Crippen molar-refractivity contribution in [3.05, 3.63) is 112 Å². The van der Waals surface area contributed by atoms with Crippen molar-refractivity contribution in [2.45, 2.75) is 23.5 Å². The van der Waals surface area contributed by atoms with Crippen LogP contribution in [-0.4, -0.2) is 55.4 Å². The van der Waals surface area contributed by atoms with Crippen molar-refractivity contribution in [2.75, 3.05) is 32.0 Å². The van der Waals surface area contributed by atoms with E-state index in [1.165, 1.54) is 57.4 Å². The fourth-order valence-corrected chi connectivity index (χ4v) is 5.74. The SMILES string of the molecule is CCC(Sc1cccc(NC(=O)/C(=C\c2cc(OC)c(OC)cc2OC)NC(=O)c2ccccc2)c1)C(=O)Nc1cc(C(=O)O)ccc1Cl. The first-order chi connectivity index (χ1) is 23.6. The highest BCUT2D eigenvalue weighted by Gasteiger charge is 2.21. The van der Waals surface area contributed by atoms with Crippen molar-refractivity contribution in [3.63, 3.8) is 0 Å². The molecule has 4 aromatic rings. The minimum Gasteiger partial charge on any atom is -0.496 e. The number of halogens is 1. The second kappa shape index (κ2) is 17.1. The molecule has 0 aliphatic rings. The summed E-state index contributed by atoms with van der Waals surface area (Å²) in [5.41, 5.74) is 1.29. The molecule has 0 aliphatic carbocycles. The van der Waals surface area contributed by atoms with Gasteiger partial charge in [-0.25, -0.2) is 4.79 Å². The van der Waals surface area contributed by atoms with Crippen LogP contribution < -0.4 is 30.2 Å². The van der Waals surface area contributed by atoms with E-state index in [1.807, 2.05) is 6.92 Å². The van der Waals surface area contributed by atoms with Gasteiger partial charge in [0.25, 0.3) is 11.8 Å². The molecule has 0 saturated carbocycles. The average Bonchev–Trinajstić information content (AvgIpc) is 3.11. The maximum Gasteiger partial charge on any atom is 0.335 e. The van der Waals surface area contributed by atoms with E-state index >= 15 is 0 Å². The van der Waals surface area contributed by atoms with Crippen molar-refractivity contribution >= 4 is 64.5 Å². The normalized spacial score (nSPS) is 11.6. The number of carbonyl (C=O) groups is 4. The Labute approximate surface area is 292 Å². The number of carbonyl (C=O) groups excluding carboxylic acids is 3. The lowest BCUT2D eigenvalue weighted by Gasteiger charge is -2.17. The fraction of sp³-hybridized carbons (Fsp3) is 0.167. The number of anilines is 2. The van der Waals surface area contributed by atoms with Crippen LogP contribution >= 0.6 is 23.4 Å². The number of thioether (sulfide) groups is 1. The number of hydrogen-bond acceptors (Lipinski definition) is 8. The van der Waals surface area contributed by atoms with Crippen LogP contribution in [0.2, 0.25) is 5.02 Å². The second-order valence-corrected chi connectivity index (χ2v) is 12.0. The highest BCUT2D eigenvalue weighted by atomic mass is 35.5. The van der Waals surface area contributed by atoms with Crippen LogP contribution in [0.4, 0.5) is 11.4 Å². The highest BCUT2D eigenvalue weighted by Crippen LogP contribution is 2.36. The molecule has 49 heavy (non-hydrogen) atoms. The molecule has 0 bridgehead atoms. The van der Waals surface area contributed by atoms with E-state index in [-0.39, 0.29) is 27.9 Å². The zero-order chi connectivity index (χ0) is 35.5. The smallest absolute Gasteiger partial charge is 0.335 e. The van der Waals surface area contributed by atoms with Gasteiger partial charge in [0.05, 0.1) is 42.9 Å². The predicted octanol–water partition coefficient (Wildman–Crippen LogP) is 6.98. The molecule has 254 valence electrons. The molecular weight excluding hydrogens is 670 g/mol. The van der Waals surface area contributed by atoms with Gasteiger partial charge in [0.2, 0.25) is 5.91 Å². The number of benzene rings is 4. The maximum absolute atomic E-state index is 13.8. The predicted molar refractivity (Wildman–Crippen MR) is 190 cm³/mol. The molecule has 1 unspecified atom stereocenters. The largest absolute Gasteiger partial charge is 0.496 e. The van der Waals surface area contributed by atoms with Crippen molar-refractivity contribution < 1.29 is 38.5 Å². The number of hydrogen-bond donors (Lipinski definition) is 4. The number of aromatic carboxylic acids is 1. The first-order valence-electron chi connectivity index (χ1n) is 14.9. The maximum atomic E-state index is 13.8. The minimum atomic E-state index is -1.15. The highest BCUT2D eigenvalue weighted by molar-refractivity contribution is 8.00. The minimum absolute atomic E-state index is 0.0122. The summed E-state index contributed by atoms with van der Waals surface area (Å²) in [6.45, 7) is 1.84. The van der Waals surface area contributed by atoms with Crippen LogP contribution in [0.1, 0.15) is 39.6 Å². The lowest BCUT2D eigenvalue weighted by atomic mass is 10.1. The molecule has 0 saturated heterocycles. The van der Waals surface area contributed by atoms with Gasteiger partial charge in [-0.1, -0.05) is 42.8 Å². The van der Waals surface area contributed by atoms with Crippen molar-refractivity contribution in [2.24, 2.45) is 0 Å². The van der Waals surface area contributed by atoms with E-state index < -0.39 is 23.0 Å². The lowest BCUT2D eigenvalue weighted by Crippen LogP contribution is -2.30. The Morgan fingerprint density at radius 2 is 1.51 bits per heavy atom. The molecule has 11 nitrogen and oxygen atoms in total. The summed E-state index contributed by atoms with van der Waals surface area (Å²) in [4.78, 5) is 52.2. The number of rotatable bonds is 14. The fourth-order valence-electron chi connectivity index (χ4n) is 4.56. The standard InChI is InChI=1S/C36H34ClN3O8S/c1-5-32(35(43)39-27-16-22(36(44)45)14-15-26(27)37)49-25-13-9-12-24(19-25)38-34(42)28(40-33(41)21-10-7-6-8-11-21)17-23-18-30(47-3)31(48-4)20-29(23)46-2/h6-20,32H,5H2,1-4H3,(H,38,42)(H,39,43)(H,40,41)(H,44,45)/b28-17+. The van der Waals surface area contributed by atoms with Gasteiger partial charge in [0, 0.05) is 27.8 Å². The van der Waals surface area contributed by atoms with Crippen LogP contribution in [0.25, 0.3) is 6.08 Å². The third-order valence-corrected chi connectivity index (χ3v) is 8.76. The van der Waals surface area contributed by atoms with E-state index in [4.69, 9.17) is 25.8 Å². The van der Waals surface area contributed by atoms with Gasteiger partial charge in [-0.3, -0.25) is 14.4 Å². The number of nitrogens with one attached hydrogen (secondary N) is 3. The Morgan fingerprint density at radius 3 is 2.16 bits per heavy atom. The van der Waals surface area contributed by atoms with Gasteiger partial charge in [0.1, 0.15) is 11.4 Å². The average molecular weight is 704 g/mol. The first kappa shape index (κ1) is 36.4. The number of carboxylic acids is 1. The van der Waals surface area contributed by atoms with Gasteiger partial charge >= 0.3 is 5.97 Å². The van der Waals surface area contributed by atoms with Crippen molar-refractivity contribution in [3.8, 4) is 17.2 Å². The third kappa shape index (κ3) is 9.55. The lowest BCUT2D eigenvalue weighted by molar-refractivity contribution is -0.116. The third-order valence-electron chi connectivity index (χ3n) is 7.07. The summed E-state index contributed by atoms with van der Waals surface area (Å²) in [5.74, 6) is -1.47. The summed E-state index contributed by atoms with van der Waals surface area (Å²) < 4.78 is 16.3. The van der Waals surface area contributed by atoms with Crippen molar-refractivity contribution in [1.82, 2.24) is 5.32 Å². The van der Waals surface area contributed by atoms with Gasteiger partial charge in [-0.05, 0) is 67.1 Å². The van der Waals surface area contributed by atoms with Crippen molar-refractivity contribution in [1.29, 1.82) is 0 Å². The van der Waals surface area contributed by atoms with Crippen LogP contribution in [0.5, 0.6) is 17.2 Å². The Kier molecular flexibility index (Phi) is 12.7. The summed E-state index contributed by atoms with van der Waals surface area (Å²) in [7, 11) is 4.44. The Balaban J connectivity index is 1.59. The molecular formula is C36H34ClN3O8S. The molecule has 4 N–H and O–H groups in total. The molecule has 4 rings (SSSR count). The number of carboxylic acid groups (broad SMARTS) is 1. The Bertz CT molecular complexity index is 1880. The molecule has 0 radical (unpaired) electrons. The van der Waals surface area contributed by atoms with Gasteiger partial charge < -0.3 is 35.3 Å². The van der Waals surface area contributed by atoms with E-state index in [2.05, 4.69) is 16.0 Å². The second-order valence-electron chi connectivity index (χ2n) is 10.3. The first-order valence-corrected chi connectivity index (χ1v) is 16.1. The number of amides is 3. The molecule has 4 aromatic carbocycles. The van der Waals surface area contributed by atoms with Crippen LogP contribution in [0.3, 0.4) is 0 Å². The topological polar surface area (TPSA) is 152 Å². The van der Waals surface area contributed by atoms with Crippen LogP contribution in [0, 0.1) is 0 Å². The van der Waals surface area contributed by atoms with Crippen LogP contribution in [-0.2, 0) is 9.59 Å². The van der Waals surface area contributed by atoms with E-state index in [0.29, 0.717) is 45.4 Å². The van der Waals surface area contributed by atoms with Crippen LogP contribution in [0.15, 0.2) is 95.5 Å². The van der Waals surface area contributed by atoms with E-state index in [1.54, 1.807) is 66.7 Å². The number of methoxy groups -OCH3 is 3. The zero-order valence-corrected chi connectivity index (χ0v) is 28.6. The molecule has 0 fully saturated rings. The zero-order valence-electron chi connectivity index (χ0n) is 27.0. The quantitative estimate of drug-likeness (QED) is 0.0805. The molecule has 1 atom stereocenters. The number of ether oxygens (including phenoxy) is 3. The van der Waals surface area contributed by atoms with E-state index in [9.17, 15) is 24.3 Å². The molecule has 0 heterocycles. The summed E-state index contributed by atoms with van der Waals surface area (Å²) in [6.07, 6.45) is 1.91. The van der Waals surface area contributed by atoms with E-state index in [0.717, 1.165) is 0 Å². The Morgan fingerprint density at radius 1 is 0.816 bits per heavy atom. The Hall–Kier alpha value is -5.46. The monoisotopic (exact) mass is 703 g/mol. The molecule has 0 spiro atoms. The van der Waals surface area contributed by atoms with Gasteiger partial charge in [0.15, 0.2) is 11.5 Å². The molecule has 3 amide bonds. The molecule has 13 heteroatoms. The summed E-state index contributed by atoms with van der Waals surface area (Å²) >= 11 is 7.46. The molecule has 0 aromatic heterocycles. The van der Waals surface area contributed by atoms with Gasteiger partial charge in [-0.2, -0.15) is 0 Å². The summed E-state index contributed by atoms with van der Waals surface area (Å²) in [6, 6.07) is 22.6. The summed E-state index contributed by atoms with van der Waals surface area (Å²) in [5, 5.41) is 17.2.